The first-order valence-electron chi connectivity index (χ1n) is 17.8. The smallest absolute Gasteiger partial charge is 0.418 e. The van der Waals surface area contributed by atoms with Crippen LogP contribution in [0.15, 0.2) is 18.2 Å². The van der Waals surface area contributed by atoms with Crippen LogP contribution in [0.2, 0.25) is 5.02 Å². The summed E-state index contributed by atoms with van der Waals surface area (Å²) >= 11 is 6.85. The second-order valence-electron chi connectivity index (χ2n) is 14.5. The van der Waals surface area contributed by atoms with Crippen molar-refractivity contribution >= 4 is 29.0 Å². The predicted octanol–water partition coefficient (Wildman–Crippen LogP) is 5.68. The molecule has 0 radical (unpaired) electrons. The predicted molar refractivity (Wildman–Crippen MR) is 188 cm³/mol. The fourth-order valence-electron chi connectivity index (χ4n) is 8.40. The molecule has 8 rings (SSSR count). The van der Waals surface area contributed by atoms with Crippen LogP contribution < -0.4 is 15.4 Å². The van der Waals surface area contributed by atoms with Gasteiger partial charge >= 0.3 is 12.2 Å². The Labute approximate surface area is 309 Å². The van der Waals surface area contributed by atoms with Crippen LogP contribution in [-0.2, 0) is 37.0 Å². The van der Waals surface area contributed by atoms with Gasteiger partial charge < -0.3 is 25.0 Å². The van der Waals surface area contributed by atoms with Gasteiger partial charge in [0.2, 0.25) is 0 Å². The molecule has 0 bridgehead atoms. The number of fused-ring (bicyclic) bond motifs is 3. The quantitative estimate of drug-likeness (QED) is 0.147. The van der Waals surface area contributed by atoms with E-state index in [9.17, 15) is 18.0 Å². The van der Waals surface area contributed by atoms with Crippen molar-refractivity contribution in [3.05, 3.63) is 68.4 Å². The number of aryl methyl sites for hydroxylation is 1. The van der Waals surface area contributed by atoms with Crippen LogP contribution in [0.4, 0.5) is 29.1 Å². The Balaban J connectivity index is 1.18. The maximum Gasteiger partial charge on any atom is 0.418 e. The number of alkyl halides is 3. The Morgan fingerprint density at radius 1 is 1.17 bits per heavy atom. The number of aromatic nitrogens is 4. The Kier molecular flexibility index (Phi) is 9.06. The summed E-state index contributed by atoms with van der Waals surface area (Å²) in [6, 6.07) is 0.958. The average molecular weight is 755 g/mol. The van der Waals surface area contributed by atoms with Crippen molar-refractivity contribution < 1.29 is 31.8 Å². The van der Waals surface area contributed by atoms with Gasteiger partial charge in [-0.1, -0.05) is 29.7 Å². The van der Waals surface area contributed by atoms with Crippen molar-refractivity contribution in [3.63, 3.8) is 0 Å². The lowest BCUT2D eigenvalue weighted by molar-refractivity contribution is -0.140. The third kappa shape index (κ3) is 6.28. The number of carbonyl (C=O) groups is 1. The van der Waals surface area contributed by atoms with Gasteiger partial charge in [0.05, 0.1) is 52.5 Å². The lowest BCUT2D eigenvalue weighted by Crippen LogP contribution is -2.43. The molecule has 16 heteroatoms. The normalized spacial score (nSPS) is 22.8. The fourth-order valence-corrected chi connectivity index (χ4v) is 8.67. The molecule has 1 aromatic carbocycles. The van der Waals surface area contributed by atoms with Gasteiger partial charge in [0, 0.05) is 55.8 Å². The van der Waals surface area contributed by atoms with Gasteiger partial charge in [-0.25, -0.2) is 4.39 Å². The first kappa shape index (κ1) is 35.6. The Hall–Kier alpha value is -4.39. The molecule has 7 heterocycles. The van der Waals surface area contributed by atoms with Crippen molar-refractivity contribution in [2.75, 3.05) is 50.0 Å². The van der Waals surface area contributed by atoms with Crippen LogP contribution in [0.5, 0.6) is 6.01 Å². The minimum Gasteiger partial charge on any atom is -0.461 e. The molecular weight excluding hydrogens is 716 g/mol. The van der Waals surface area contributed by atoms with E-state index in [2.05, 4.69) is 28.4 Å². The molecule has 1 amide bonds. The second-order valence-corrected chi connectivity index (χ2v) is 14.8. The highest BCUT2D eigenvalue weighted by molar-refractivity contribution is 6.34. The summed E-state index contributed by atoms with van der Waals surface area (Å²) in [5.74, 6) is 3.95. The molecule has 2 atom stereocenters. The number of ether oxygens (including phenoxy) is 2. The van der Waals surface area contributed by atoms with Gasteiger partial charge in [0.25, 0.3) is 5.91 Å². The zero-order valence-corrected chi connectivity index (χ0v) is 30.0. The van der Waals surface area contributed by atoms with E-state index in [1.54, 1.807) is 9.58 Å². The van der Waals surface area contributed by atoms with Gasteiger partial charge in [-0.05, 0) is 51.6 Å². The molecule has 0 aliphatic carbocycles. The third-order valence-corrected chi connectivity index (χ3v) is 11.4. The topological polar surface area (TPSA) is 115 Å². The molecule has 0 spiro atoms. The molecule has 3 aromatic rings. The summed E-state index contributed by atoms with van der Waals surface area (Å²) in [6.07, 6.45) is -2.25. The number of rotatable bonds is 6. The highest BCUT2D eigenvalue weighted by Gasteiger charge is 2.47. The molecule has 2 aromatic heterocycles. The van der Waals surface area contributed by atoms with Crippen molar-refractivity contribution in [2.45, 2.75) is 83.0 Å². The molecule has 5 aliphatic heterocycles. The molecule has 11 nitrogen and oxygen atoms in total. The van der Waals surface area contributed by atoms with Crippen LogP contribution in [0.1, 0.15) is 89.3 Å². The van der Waals surface area contributed by atoms with E-state index in [-0.39, 0.29) is 47.7 Å². The first-order valence-corrected chi connectivity index (χ1v) is 18.2. The molecule has 53 heavy (non-hydrogen) atoms. The maximum atomic E-state index is 15.8. The Morgan fingerprint density at radius 2 is 1.96 bits per heavy atom. The van der Waals surface area contributed by atoms with Gasteiger partial charge in [-0.15, -0.1) is 5.92 Å². The number of nitrogen functional groups attached to an aromatic ring is 1. The number of nitrogens with zero attached hydrogens (tertiary/aromatic N) is 7. The standard InChI is InChI=1S/C37H39ClF4N8O3/c1-3-7-22-14-24(43)31(39)28(29(22)37(40,41)42)27-15-25-23(19-52-27)33(45-35(44-25)53-20-36-8-4-12-49(36)17-21(2)16-36)48-11-6-13-50-26(18-48)30(38)32(46-50)34(51)47-9-5-10-47/h14,27H,2,4-6,8-13,15-20,43H2,1H3/t27-,36+/m0/s1. The highest BCUT2D eigenvalue weighted by Crippen LogP contribution is 2.45. The third-order valence-electron chi connectivity index (χ3n) is 11.0. The summed E-state index contributed by atoms with van der Waals surface area (Å²) in [6.45, 7) is 9.99. The van der Waals surface area contributed by atoms with Gasteiger partial charge in [0.1, 0.15) is 12.4 Å². The maximum absolute atomic E-state index is 15.8. The molecule has 3 saturated heterocycles. The zero-order valence-electron chi connectivity index (χ0n) is 29.3. The number of halogens is 5. The van der Waals surface area contributed by atoms with E-state index in [0.717, 1.165) is 50.4 Å². The van der Waals surface area contributed by atoms with Crippen LogP contribution in [0.3, 0.4) is 0 Å². The molecule has 0 saturated carbocycles. The van der Waals surface area contributed by atoms with E-state index in [1.165, 1.54) is 6.92 Å². The lowest BCUT2D eigenvalue weighted by Gasteiger charge is -2.33. The fraction of sp³-hybridized carbons (Fsp3) is 0.514. The van der Waals surface area contributed by atoms with Crippen LogP contribution in [-0.4, -0.2) is 80.3 Å². The van der Waals surface area contributed by atoms with Crippen molar-refractivity contribution in [3.8, 4) is 17.9 Å². The second kappa shape index (κ2) is 13.5. The molecule has 5 aliphatic rings. The van der Waals surface area contributed by atoms with E-state index in [4.69, 9.17) is 36.8 Å². The number of benzene rings is 1. The van der Waals surface area contributed by atoms with E-state index < -0.39 is 40.5 Å². The monoisotopic (exact) mass is 754 g/mol. The number of hydrogen-bond acceptors (Lipinski definition) is 9. The summed E-state index contributed by atoms with van der Waals surface area (Å²) in [5.41, 5.74) is 5.72. The minimum atomic E-state index is -4.94. The Morgan fingerprint density at radius 3 is 2.70 bits per heavy atom. The van der Waals surface area contributed by atoms with Gasteiger partial charge in [-0.2, -0.15) is 28.2 Å². The number of amides is 1. The first-order chi connectivity index (χ1) is 25.4. The summed E-state index contributed by atoms with van der Waals surface area (Å²) in [4.78, 5) is 28.8. The number of hydrogen-bond donors (Lipinski definition) is 1. The SMILES string of the molecule is C=C1CN2CCC[C@]2(COc2nc3c(c(N4CCCn5nc(C(=O)N6CCC6)c(Cl)c5C4)n2)CO[C@H](c2c(F)c(N)cc(C#CC)c2C(F)(F)F)C3)C1. The van der Waals surface area contributed by atoms with Crippen molar-refractivity contribution in [1.82, 2.24) is 29.5 Å². The summed E-state index contributed by atoms with van der Waals surface area (Å²) in [7, 11) is 0. The number of carbonyl (C=O) groups excluding carboxylic acids is 1. The lowest BCUT2D eigenvalue weighted by atomic mass is 9.91. The minimum absolute atomic E-state index is 0.0530. The van der Waals surface area contributed by atoms with Gasteiger partial charge in [-0.3, -0.25) is 14.4 Å². The average Bonchev–Trinajstić information content (AvgIpc) is 3.65. The van der Waals surface area contributed by atoms with Crippen LogP contribution >= 0.6 is 11.6 Å². The summed E-state index contributed by atoms with van der Waals surface area (Å²) in [5, 5.41) is 4.86. The highest BCUT2D eigenvalue weighted by atomic mass is 35.5. The molecular formula is C37H39ClF4N8O3. The van der Waals surface area contributed by atoms with Crippen molar-refractivity contribution in [1.29, 1.82) is 0 Å². The van der Waals surface area contributed by atoms with Crippen molar-refractivity contribution in [2.24, 2.45) is 0 Å². The van der Waals surface area contributed by atoms with E-state index in [1.807, 2.05) is 4.90 Å². The number of anilines is 2. The zero-order chi connectivity index (χ0) is 37.2. The van der Waals surface area contributed by atoms with E-state index >= 15 is 4.39 Å². The number of likely N-dealkylation sites (tertiary alicyclic amines) is 1. The largest absolute Gasteiger partial charge is 0.461 e. The summed E-state index contributed by atoms with van der Waals surface area (Å²) < 4.78 is 73.9. The molecule has 3 fully saturated rings. The van der Waals surface area contributed by atoms with Crippen LogP contribution in [0.25, 0.3) is 0 Å². The van der Waals surface area contributed by atoms with Crippen LogP contribution in [0, 0.1) is 17.7 Å². The Bertz CT molecular complexity index is 2070. The molecule has 2 N–H and O–H groups in total. The van der Waals surface area contributed by atoms with Gasteiger partial charge in [0.15, 0.2) is 11.5 Å². The number of nitrogens with two attached hydrogens (primary N) is 1. The van der Waals surface area contributed by atoms with E-state index in [0.29, 0.717) is 62.0 Å². The molecule has 280 valence electrons. The molecule has 0 unspecified atom stereocenters.